The van der Waals surface area contributed by atoms with Crippen molar-refractivity contribution in [3.05, 3.63) is 59.4 Å². The summed E-state index contributed by atoms with van der Waals surface area (Å²) in [7, 11) is 1.97. The van der Waals surface area contributed by atoms with Gasteiger partial charge in [0.05, 0.1) is 0 Å². The summed E-state index contributed by atoms with van der Waals surface area (Å²) >= 11 is 0. The molecule has 0 bridgehead atoms. The van der Waals surface area contributed by atoms with Crippen molar-refractivity contribution in [2.24, 2.45) is 0 Å². The summed E-state index contributed by atoms with van der Waals surface area (Å²) in [5, 5.41) is 3.24. The van der Waals surface area contributed by atoms with Gasteiger partial charge in [-0.25, -0.2) is 0 Å². The molecule has 1 N–H and O–H groups in total. The van der Waals surface area contributed by atoms with Crippen LogP contribution in [0.15, 0.2) is 42.7 Å². The first kappa shape index (κ1) is 13.6. The van der Waals surface area contributed by atoms with Crippen LogP contribution in [-0.4, -0.2) is 12.0 Å². The Labute approximate surface area is 114 Å². The lowest BCUT2D eigenvalue weighted by Gasteiger charge is -2.14. The molecule has 1 aromatic heterocycles. The van der Waals surface area contributed by atoms with Crippen molar-refractivity contribution in [3.63, 3.8) is 0 Å². The number of ether oxygens (including phenoxy) is 1. The van der Waals surface area contributed by atoms with Crippen LogP contribution in [0.2, 0.25) is 0 Å². The van der Waals surface area contributed by atoms with Crippen LogP contribution >= 0.6 is 0 Å². The van der Waals surface area contributed by atoms with Gasteiger partial charge in [0, 0.05) is 24.0 Å². The number of pyridine rings is 1. The van der Waals surface area contributed by atoms with Crippen molar-refractivity contribution in [3.8, 4) is 5.75 Å². The molecule has 0 aliphatic rings. The van der Waals surface area contributed by atoms with Gasteiger partial charge in [-0.15, -0.1) is 0 Å². The molecule has 19 heavy (non-hydrogen) atoms. The molecule has 2 rings (SSSR count). The van der Waals surface area contributed by atoms with E-state index in [-0.39, 0.29) is 0 Å². The Bertz CT molecular complexity index is 526. The van der Waals surface area contributed by atoms with Gasteiger partial charge < -0.3 is 10.1 Å². The molecule has 0 fully saturated rings. The first-order chi connectivity index (χ1) is 9.20. The SMILES string of the molecule is CNC(C)c1ccc(OCc2cccnc2)c(C)c1. The predicted molar refractivity (Wildman–Crippen MR) is 77.2 cm³/mol. The van der Waals surface area contributed by atoms with Crippen LogP contribution in [0, 0.1) is 6.92 Å². The maximum atomic E-state index is 5.83. The van der Waals surface area contributed by atoms with Gasteiger partial charge in [0.15, 0.2) is 0 Å². The number of hydrogen-bond donors (Lipinski definition) is 1. The van der Waals surface area contributed by atoms with Gasteiger partial charge in [-0.1, -0.05) is 18.2 Å². The maximum absolute atomic E-state index is 5.83. The van der Waals surface area contributed by atoms with E-state index in [4.69, 9.17) is 4.74 Å². The zero-order valence-corrected chi connectivity index (χ0v) is 11.7. The van der Waals surface area contributed by atoms with Gasteiger partial charge in [0.1, 0.15) is 12.4 Å². The minimum atomic E-state index is 0.353. The van der Waals surface area contributed by atoms with Crippen molar-refractivity contribution in [2.75, 3.05) is 7.05 Å². The molecule has 0 aliphatic heterocycles. The van der Waals surface area contributed by atoms with Crippen LogP contribution in [0.5, 0.6) is 5.75 Å². The van der Waals surface area contributed by atoms with Crippen LogP contribution in [0.4, 0.5) is 0 Å². The van der Waals surface area contributed by atoms with E-state index < -0.39 is 0 Å². The highest BCUT2D eigenvalue weighted by Gasteiger charge is 2.06. The van der Waals surface area contributed by atoms with Crippen LogP contribution in [0.1, 0.15) is 29.7 Å². The van der Waals surface area contributed by atoms with Crippen LogP contribution in [-0.2, 0) is 6.61 Å². The molecule has 1 heterocycles. The fraction of sp³-hybridized carbons (Fsp3) is 0.312. The van der Waals surface area contributed by atoms with E-state index in [9.17, 15) is 0 Å². The summed E-state index contributed by atoms with van der Waals surface area (Å²) in [6.07, 6.45) is 3.59. The number of nitrogens with one attached hydrogen (secondary N) is 1. The van der Waals surface area contributed by atoms with Gasteiger partial charge in [-0.2, -0.15) is 0 Å². The Morgan fingerprint density at radius 2 is 2.16 bits per heavy atom. The molecule has 1 aromatic carbocycles. The smallest absolute Gasteiger partial charge is 0.122 e. The third kappa shape index (κ3) is 3.55. The summed E-state index contributed by atoms with van der Waals surface area (Å²) < 4.78 is 5.83. The fourth-order valence-corrected chi connectivity index (χ4v) is 1.92. The first-order valence-corrected chi connectivity index (χ1v) is 6.50. The average Bonchev–Trinajstić information content (AvgIpc) is 2.46. The average molecular weight is 256 g/mol. The van der Waals surface area contributed by atoms with Gasteiger partial charge in [-0.3, -0.25) is 4.98 Å². The largest absolute Gasteiger partial charge is 0.489 e. The summed E-state index contributed by atoms with van der Waals surface area (Å²) in [6.45, 7) is 4.77. The lowest BCUT2D eigenvalue weighted by molar-refractivity contribution is 0.303. The highest BCUT2D eigenvalue weighted by atomic mass is 16.5. The second-order valence-electron chi connectivity index (χ2n) is 4.69. The van der Waals surface area contributed by atoms with E-state index in [1.807, 2.05) is 31.4 Å². The standard InChI is InChI=1S/C16H20N2O/c1-12-9-15(13(2)17-3)6-7-16(12)19-11-14-5-4-8-18-10-14/h4-10,13,17H,11H2,1-3H3. The first-order valence-electron chi connectivity index (χ1n) is 6.50. The van der Waals surface area contributed by atoms with E-state index in [1.54, 1.807) is 6.20 Å². The van der Waals surface area contributed by atoms with Crippen molar-refractivity contribution in [2.45, 2.75) is 26.5 Å². The molecule has 0 spiro atoms. The van der Waals surface area contributed by atoms with Gasteiger partial charge in [-0.05, 0) is 44.2 Å². The molecule has 1 unspecified atom stereocenters. The Hall–Kier alpha value is -1.87. The molecule has 3 heteroatoms. The molecule has 3 nitrogen and oxygen atoms in total. The Morgan fingerprint density at radius 3 is 2.79 bits per heavy atom. The molecule has 1 atom stereocenters. The summed E-state index contributed by atoms with van der Waals surface area (Å²) in [4.78, 5) is 4.08. The minimum Gasteiger partial charge on any atom is -0.489 e. The van der Waals surface area contributed by atoms with Crippen molar-refractivity contribution >= 4 is 0 Å². The topological polar surface area (TPSA) is 34.1 Å². The van der Waals surface area contributed by atoms with E-state index >= 15 is 0 Å². The number of nitrogens with zero attached hydrogens (tertiary/aromatic N) is 1. The molecular formula is C16H20N2O. The number of aromatic nitrogens is 1. The lowest BCUT2D eigenvalue weighted by Crippen LogP contribution is -2.12. The van der Waals surface area contributed by atoms with Crippen LogP contribution < -0.4 is 10.1 Å². The Morgan fingerprint density at radius 1 is 1.32 bits per heavy atom. The normalized spacial score (nSPS) is 12.2. The van der Waals surface area contributed by atoms with Crippen molar-refractivity contribution < 1.29 is 4.74 Å². The summed E-state index contributed by atoms with van der Waals surface area (Å²) in [5.74, 6) is 0.927. The highest BCUT2D eigenvalue weighted by Crippen LogP contribution is 2.23. The van der Waals surface area contributed by atoms with Crippen LogP contribution in [0.3, 0.4) is 0 Å². The second-order valence-corrected chi connectivity index (χ2v) is 4.69. The summed E-state index contributed by atoms with van der Waals surface area (Å²) in [6, 6.07) is 10.6. The number of hydrogen-bond acceptors (Lipinski definition) is 3. The molecule has 0 saturated carbocycles. The third-order valence-corrected chi connectivity index (χ3v) is 3.25. The zero-order valence-electron chi connectivity index (χ0n) is 11.7. The van der Waals surface area contributed by atoms with Gasteiger partial charge >= 0.3 is 0 Å². The van der Waals surface area contributed by atoms with Crippen LogP contribution in [0.25, 0.3) is 0 Å². The molecule has 0 saturated heterocycles. The number of rotatable bonds is 5. The second kappa shape index (κ2) is 6.34. The van der Waals surface area contributed by atoms with Gasteiger partial charge in [0.25, 0.3) is 0 Å². The van der Waals surface area contributed by atoms with E-state index in [2.05, 4.69) is 36.3 Å². The molecule has 2 aromatic rings. The quantitative estimate of drug-likeness (QED) is 0.891. The molecule has 100 valence electrons. The molecule has 0 amide bonds. The Balaban J connectivity index is 2.05. The fourth-order valence-electron chi connectivity index (χ4n) is 1.92. The molecule has 0 aliphatic carbocycles. The zero-order chi connectivity index (χ0) is 13.7. The number of benzene rings is 1. The van der Waals surface area contributed by atoms with Gasteiger partial charge in [0.2, 0.25) is 0 Å². The number of aryl methyl sites for hydroxylation is 1. The molecular weight excluding hydrogens is 236 g/mol. The van der Waals surface area contributed by atoms with E-state index in [0.717, 1.165) is 16.9 Å². The van der Waals surface area contributed by atoms with E-state index in [0.29, 0.717) is 12.6 Å². The predicted octanol–water partition coefficient (Wildman–Crippen LogP) is 3.25. The lowest BCUT2D eigenvalue weighted by atomic mass is 10.1. The van der Waals surface area contributed by atoms with Crippen molar-refractivity contribution in [1.82, 2.24) is 10.3 Å². The molecule has 0 radical (unpaired) electrons. The van der Waals surface area contributed by atoms with Crippen molar-refractivity contribution in [1.29, 1.82) is 0 Å². The maximum Gasteiger partial charge on any atom is 0.122 e. The summed E-state index contributed by atoms with van der Waals surface area (Å²) in [5.41, 5.74) is 3.51. The third-order valence-electron chi connectivity index (χ3n) is 3.25. The minimum absolute atomic E-state index is 0.353. The Kier molecular flexibility index (Phi) is 4.53. The van der Waals surface area contributed by atoms with E-state index in [1.165, 1.54) is 5.56 Å². The highest BCUT2D eigenvalue weighted by molar-refractivity contribution is 5.37. The monoisotopic (exact) mass is 256 g/mol.